The van der Waals surface area contributed by atoms with Crippen LogP contribution in [-0.4, -0.2) is 48.1 Å². The average Bonchev–Trinajstić information content (AvgIpc) is 3.14. The lowest BCUT2D eigenvalue weighted by atomic mass is 10.1. The predicted octanol–water partition coefficient (Wildman–Crippen LogP) is 1.89. The fourth-order valence-corrected chi connectivity index (χ4v) is 2.57. The third-order valence-corrected chi connectivity index (χ3v) is 4.09. The van der Waals surface area contributed by atoms with Crippen molar-refractivity contribution in [3.8, 4) is 5.75 Å². The van der Waals surface area contributed by atoms with Crippen LogP contribution in [0.25, 0.3) is 0 Å². The lowest BCUT2D eigenvalue weighted by Gasteiger charge is -2.15. The summed E-state index contributed by atoms with van der Waals surface area (Å²) in [6.07, 6.45) is 2.59. The van der Waals surface area contributed by atoms with Crippen molar-refractivity contribution in [3.63, 3.8) is 0 Å². The highest BCUT2D eigenvalue weighted by atomic mass is 16.5. The Balaban J connectivity index is 1.91. The number of rotatable bonds is 10. The molecule has 1 heterocycles. The third-order valence-electron chi connectivity index (χ3n) is 4.09. The zero-order valence-electron chi connectivity index (χ0n) is 16.7. The van der Waals surface area contributed by atoms with Crippen LogP contribution in [0.5, 0.6) is 5.75 Å². The molecule has 0 fully saturated rings. The quantitative estimate of drug-likeness (QED) is 0.375. The Labute approximate surface area is 161 Å². The Morgan fingerprint density at radius 2 is 2.04 bits per heavy atom. The first-order valence-corrected chi connectivity index (χ1v) is 9.20. The number of aryl methyl sites for hydroxylation is 2. The smallest absolute Gasteiger partial charge is 0.191 e. The van der Waals surface area contributed by atoms with Gasteiger partial charge in [-0.05, 0) is 25.5 Å². The Morgan fingerprint density at radius 1 is 1.22 bits per heavy atom. The van der Waals surface area contributed by atoms with E-state index < -0.39 is 0 Å². The minimum absolute atomic E-state index is 0.557. The molecule has 2 N–H and O–H groups in total. The fraction of sp³-hybridized carbons (Fsp3) is 0.526. The maximum atomic E-state index is 5.93. The van der Waals surface area contributed by atoms with E-state index in [1.165, 1.54) is 5.56 Å². The maximum Gasteiger partial charge on any atom is 0.191 e. The van der Waals surface area contributed by atoms with Crippen LogP contribution in [0.15, 0.2) is 29.5 Å². The number of ether oxygens (including phenoxy) is 2. The standard InChI is InChI=1S/C19H30N6O2/c1-5-25-14-23-24-18(25)13-22-19(20-3)21-12-16-8-7-15(2)11-17(16)27-10-6-9-26-4/h7-8,11,14H,5-6,9-10,12-13H2,1-4H3,(H2,20,21,22). The molecule has 0 aliphatic heterocycles. The largest absolute Gasteiger partial charge is 0.493 e. The minimum atomic E-state index is 0.557. The van der Waals surface area contributed by atoms with Crippen LogP contribution in [0, 0.1) is 6.92 Å². The van der Waals surface area contributed by atoms with Gasteiger partial charge in [0.2, 0.25) is 0 Å². The summed E-state index contributed by atoms with van der Waals surface area (Å²) < 4.78 is 13.0. The van der Waals surface area contributed by atoms with E-state index in [-0.39, 0.29) is 0 Å². The number of hydrogen-bond donors (Lipinski definition) is 2. The number of nitrogens with zero attached hydrogens (tertiary/aromatic N) is 4. The van der Waals surface area contributed by atoms with E-state index in [0.29, 0.717) is 32.3 Å². The van der Waals surface area contributed by atoms with Gasteiger partial charge in [0.25, 0.3) is 0 Å². The summed E-state index contributed by atoms with van der Waals surface area (Å²) in [5.41, 5.74) is 2.25. The number of methoxy groups -OCH3 is 1. The molecule has 0 unspecified atom stereocenters. The monoisotopic (exact) mass is 374 g/mol. The first kappa shape index (κ1) is 20.7. The summed E-state index contributed by atoms with van der Waals surface area (Å²) in [5, 5.41) is 14.7. The second-order valence-electron chi connectivity index (χ2n) is 6.12. The fourth-order valence-electron chi connectivity index (χ4n) is 2.57. The lowest BCUT2D eigenvalue weighted by Crippen LogP contribution is -2.37. The molecule has 0 saturated heterocycles. The molecule has 8 heteroatoms. The van der Waals surface area contributed by atoms with Crippen LogP contribution in [0.2, 0.25) is 0 Å². The SMILES string of the molecule is CCn1cnnc1CNC(=NC)NCc1ccc(C)cc1OCCCOC. The lowest BCUT2D eigenvalue weighted by molar-refractivity contribution is 0.171. The van der Waals surface area contributed by atoms with Gasteiger partial charge >= 0.3 is 0 Å². The molecule has 0 aliphatic rings. The first-order chi connectivity index (χ1) is 13.2. The molecule has 0 bridgehead atoms. The number of nitrogens with one attached hydrogen (secondary N) is 2. The van der Waals surface area contributed by atoms with E-state index in [9.17, 15) is 0 Å². The number of aromatic nitrogens is 3. The van der Waals surface area contributed by atoms with Crippen molar-refractivity contribution in [2.75, 3.05) is 27.4 Å². The Kier molecular flexibility index (Phi) is 8.57. The molecule has 0 saturated carbocycles. The zero-order chi connectivity index (χ0) is 19.5. The third kappa shape index (κ3) is 6.56. The van der Waals surface area contributed by atoms with Gasteiger partial charge in [-0.1, -0.05) is 12.1 Å². The van der Waals surface area contributed by atoms with Crippen LogP contribution >= 0.6 is 0 Å². The predicted molar refractivity (Wildman–Crippen MR) is 106 cm³/mol. The van der Waals surface area contributed by atoms with Gasteiger partial charge in [0.05, 0.1) is 13.2 Å². The van der Waals surface area contributed by atoms with Crippen molar-refractivity contribution in [2.24, 2.45) is 4.99 Å². The normalized spacial score (nSPS) is 11.5. The van der Waals surface area contributed by atoms with E-state index in [1.54, 1.807) is 20.5 Å². The van der Waals surface area contributed by atoms with Crippen LogP contribution < -0.4 is 15.4 Å². The van der Waals surface area contributed by atoms with Gasteiger partial charge in [0, 0.05) is 45.8 Å². The van der Waals surface area contributed by atoms with Crippen LogP contribution in [0.4, 0.5) is 0 Å². The second-order valence-corrected chi connectivity index (χ2v) is 6.12. The molecule has 0 spiro atoms. The maximum absolute atomic E-state index is 5.93. The highest BCUT2D eigenvalue weighted by Crippen LogP contribution is 2.20. The summed E-state index contributed by atoms with van der Waals surface area (Å²) >= 11 is 0. The molecule has 8 nitrogen and oxygen atoms in total. The number of aliphatic imine (C=N–C) groups is 1. The molecule has 0 amide bonds. The van der Waals surface area contributed by atoms with Gasteiger partial charge in [-0.15, -0.1) is 10.2 Å². The molecule has 2 rings (SSSR count). The molecule has 148 valence electrons. The topological polar surface area (TPSA) is 85.6 Å². The van der Waals surface area contributed by atoms with Crippen LogP contribution in [-0.2, 0) is 24.4 Å². The number of hydrogen-bond acceptors (Lipinski definition) is 5. The van der Waals surface area contributed by atoms with Crippen molar-refractivity contribution >= 4 is 5.96 Å². The molecule has 27 heavy (non-hydrogen) atoms. The summed E-state index contributed by atoms with van der Waals surface area (Å²) in [4.78, 5) is 4.27. The van der Waals surface area contributed by atoms with Gasteiger partial charge in [0.1, 0.15) is 12.1 Å². The Hall–Kier alpha value is -2.61. The molecule has 1 aromatic heterocycles. The van der Waals surface area contributed by atoms with Gasteiger partial charge in [-0.25, -0.2) is 0 Å². The van der Waals surface area contributed by atoms with Crippen molar-refractivity contribution < 1.29 is 9.47 Å². The van der Waals surface area contributed by atoms with E-state index >= 15 is 0 Å². The average molecular weight is 374 g/mol. The van der Waals surface area contributed by atoms with Gasteiger partial charge in [0.15, 0.2) is 11.8 Å². The van der Waals surface area contributed by atoms with Crippen molar-refractivity contribution in [3.05, 3.63) is 41.5 Å². The highest BCUT2D eigenvalue weighted by molar-refractivity contribution is 5.79. The number of benzene rings is 1. The minimum Gasteiger partial charge on any atom is -0.493 e. The van der Waals surface area contributed by atoms with E-state index in [1.807, 2.05) is 4.57 Å². The van der Waals surface area contributed by atoms with Crippen molar-refractivity contribution in [2.45, 2.75) is 39.9 Å². The molecule has 0 atom stereocenters. The van der Waals surface area contributed by atoms with Crippen molar-refractivity contribution in [1.29, 1.82) is 0 Å². The molecule has 0 aliphatic carbocycles. The van der Waals surface area contributed by atoms with E-state index in [4.69, 9.17) is 9.47 Å². The van der Waals surface area contributed by atoms with Crippen LogP contribution in [0.1, 0.15) is 30.3 Å². The second kappa shape index (κ2) is 11.2. The Morgan fingerprint density at radius 3 is 2.78 bits per heavy atom. The summed E-state index contributed by atoms with van der Waals surface area (Å²) in [5.74, 6) is 2.46. The molecular formula is C19H30N6O2. The van der Waals surface area contributed by atoms with Crippen molar-refractivity contribution in [1.82, 2.24) is 25.4 Å². The van der Waals surface area contributed by atoms with E-state index in [0.717, 1.165) is 30.1 Å². The summed E-state index contributed by atoms with van der Waals surface area (Å²) in [6.45, 7) is 7.45. The molecule has 2 aromatic rings. The summed E-state index contributed by atoms with van der Waals surface area (Å²) in [6, 6.07) is 6.22. The van der Waals surface area contributed by atoms with Gasteiger partial charge in [-0.2, -0.15) is 0 Å². The van der Waals surface area contributed by atoms with Crippen LogP contribution in [0.3, 0.4) is 0 Å². The zero-order valence-corrected chi connectivity index (χ0v) is 16.7. The molecule has 0 radical (unpaired) electrons. The Bertz CT molecular complexity index is 729. The highest BCUT2D eigenvalue weighted by Gasteiger charge is 2.07. The van der Waals surface area contributed by atoms with Gasteiger partial charge in [-0.3, -0.25) is 4.99 Å². The molecule has 1 aromatic carbocycles. The number of guanidine groups is 1. The van der Waals surface area contributed by atoms with E-state index in [2.05, 4.69) is 57.9 Å². The summed E-state index contributed by atoms with van der Waals surface area (Å²) in [7, 11) is 3.45. The van der Waals surface area contributed by atoms with Gasteiger partial charge < -0.3 is 24.7 Å². The molecular weight excluding hydrogens is 344 g/mol. The first-order valence-electron chi connectivity index (χ1n) is 9.20.